The zero-order valence-corrected chi connectivity index (χ0v) is 15.8. The highest BCUT2D eigenvalue weighted by Crippen LogP contribution is 2.27. The Morgan fingerprint density at radius 1 is 1.28 bits per heavy atom. The quantitative estimate of drug-likeness (QED) is 0.775. The van der Waals surface area contributed by atoms with Crippen LogP contribution in [0.15, 0.2) is 18.2 Å². The molecule has 8 heteroatoms. The van der Waals surface area contributed by atoms with Gasteiger partial charge in [-0.25, -0.2) is 12.7 Å². The summed E-state index contributed by atoms with van der Waals surface area (Å²) in [6, 6.07) is 5.65. The van der Waals surface area contributed by atoms with Crippen LogP contribution >= 0.6 is 0 Å². The predicted molar refractivity (Wildman–Crippen MR) is 95.4 cm³/mol. The number of benzene rings is 1. The first kappa shape index (κ1) is 19.5. The van der Waals surface area contributed by atoms with E-state index in [0.717, 1.165) is 5.56 Å². The molecular weight excluding hydrogens is 344 g/mol. The van der Waals surface area contributed by atoms with Crippen molar-refractivity contribution in [3.05, 3.63) is 23.8 Å². The van der Waals surface area contributed by atoms with Crippen LogP contribution in [0.25, 0.3) is 0 Å². The lowest BCUT2D eigenvalue weighted by molar-refractivity contribution is -0.126. The van der Waals surface area contributed by atoms with Crippen molar-refractivity contribution in [2.75, 3.05) is 40.1 Å². The monoisotopic (exact) mass is 370 g/mol. The van der Waals surface area contributed by atoms with E-state index >= 15 is 0 Å². The van der Waals surface area contributed by atoms with E-state index in [1.54, 1.807) is 14.2 Å². The van der Waals surface area contributed by atoms with E-state index in [-0.39, 0.29) is 18.4 Å². The molecule has 25 heavy (non-hydrogen) atoms. The predicted octanol–water partition coefficient (Wildman–Crippen LogP) is 1.03. The lowest BCUT2D eigenvalue weighted by Gasteiger charge is -2.30. The molecule has 1 aliphatic heterocycles. The van der Waals surface area contributed by atoms with Crippen molar-refractivity contribution in [3.8, 4) is 11.5 Å². The van der Waals surface area contributed by atoms with Crippen LogP contribution in [0.4, 0.5) is 0 Å². The van der Waals surface area contributed by atoms with Crippen LogP contribution in [0.2, 0.25) is 0 Å². The minimum absolute atomic E-state index is 0.0890. The van der Waals surface area contributed by atoms with Crippen LogP contribution in [0.3, 0.4) is 0 Å². The summed E-state index contributed by atoms with van der Waals surface area (Å²) in [5.41, 5.74) is 1.03. The molecule has 140 valence electrons. The topological polar surface area (TPSA) is 84.9 Å². The number of carbonyl (C=O) groups is 1. The Kier molecular flexibility index (Phi) is 6.66. The van der Waals surface area contributed by atoms with Gasteiger partial charge < -0.3 is 14.8 Å². The molecule has 0 saturated carbocycles. The molecule has 0 bridgehead atoms. The lowest BCUT2D eigenvalue weighted by Crippen LogP contribution is -2.45. The van der Waals surface area contributed by atoms with Gasteiger partial charge in [0.15, 0.2) is 11.5 Å². The van der Waals surface area contributed by atoms with Gasteiger partial charge in [-0.15, -0.1) is 0 Å². The molecule has 1 N–H and O–H groups in total. The van der Waals surface area contributed by atoms with Crippen LogP contribution in [-0.4, -0.2) is 58.7 Å². The lowest BCUT2D eigenvalue weighted by atomic mass is 9.99. The largest absolute Gasteiger partial charge is 0.493 e. The summed E-state index contributed by atoms with van der Waals surface area (Å²) >= 11 is 0. The first-order chi connectivity index (χ1) is 11.8. The van der Waals surface area contributed by atoms with Gasteiger partial charge in [0.25, 0.3) is 0 Å². The van der Waals surface area contributed by atoms with Crippen LogP contribution < -0.4 is 14.8 Å². The van der Waals surface area contributed by atoms with Crippen molar-refractivity contribution in [1.82, 2.24) is 9.62 Å². The third kappa shape index (κ3) is 5.34. The molecular formula is C17H26N2O5S. The molecule has 2 rings (SSSR count). The highest BCUT2D eigenvalue weighted by molar-refractivity contribution is 7.88. The number of carbonyl (C=O) groups excluding carboxylic acids is 1. The molecule has 1 aromatic carbocycles. The van der Waals surface area contributed by atoms with Crippen molar-refractivity contribution in [2.24, 2.45) is 5.92 Å². The number of ether oxygens (including phenoxy) is 2. The van der Waals surface area contributed by atoms with Gasteiger partial charge >= 0.3 is 0 Å². The molecule has 1 saturated heterocycles. The molecule has 1 heterocycles. The number of nitrogens with one attached hydrogen (secondary N) is 1. The van der Waals surface area contributed by atoms with Crippen molar-refractivity contribution in [3.63, 3.8) is 0 Å². The second-order valence-corrected chi connectivity index (χ2v) is 8.17. The number of methoxy groups -OCH3 is 2. The molecule has 0 unspecified atom stereocenters. The molecule has 1 aromatic rings. The highest BCUT2D eigenvalue weighted by Gasteiger charge is 2.29. The molecule has 1 atom stereocenters. The summed E-state index contributed by atoms with van der Waals surface area (Å²) in [5.74, 6) is 0.948. The van der Waals surface area contributed by atoms with Gasteiger partial charge in [-0.2, -0.15) is 0 Å². The Bertz CT molecular complexity index is 705. The van der Waals surface area contributed by atoms with E-state index in [2.05, 4.69) is 5.32 Å². The Hall–Kier alpha value is -1.80. The summed E-state index contributed by atoms with van der Waals surface area (Å²) in [6.45, 7) is 1.25. The Morgan fingerprint density at radius 3 is 2.64 bits per heavy atom. The molecule has 7 nitrogen and oxygen atoms in total. The van der Waals surface area contributed by atoms with E-state index in [0.29, 0.717) is 43.9 Å². The second-order valence-electron chi connectivity index (χ2n) is 6.19. The summed E-state index contributed by atoms with van der Waals surface area (Å²) in [6.07, 6.45) is 3.27. The zero-order chi connectivity index (χ0) is 18.4. The number of amides is 1. The van der Waals surface area contributed by atoms with Gasteiger partial charge in [0.1, 0.15) is 0 Å². The molecule has 0 aliphatic carbocycles. The molecule has 0 spiro atoms. The van der Waals surface area contributed by atoms with E-state index in [1.165, 1.54) is 10.6 Å². The second kappa shape index (κ2) is 8.53. The Morgan fingerprint density at radius 2 is 2.00 bits per heavy atom. The number of sulfonamides is 1. The summed E-state index contributed by atoms with van der Waals surface area (Å²) in [7, 11) is -0.0742. The Labute approximate surface area is 149 Å². The van der Waals surface area contributed by atoms with Crippen molar-refractivity contribution in [1.29, 1.82) is 0 Å². The third-order valence-electron chi connectivity index (χ3n) is 4.38. The Balaban J connectivity index is 1.86. The van der Waals surface area contributed by atoms with Crippen molar-refractivity contribution < 1.29 is 22.7 Å². The number of nitrogens with zero attached hydrogens (tertiary/aromatic N) is 1. The highest BCUT2D eigenvalue weighted by atomic mass is 32.2. The SMILES string of the molecule is COc1ccc(CCNC(=O)[C@H]2CCCN(S(C)(=O)=O)C2)cc1OC. The molecule has 0 radical (unpaired) electrons. The fourth-order valence-corrected chi connectivity index (χ4v) is 3.88. The average molecular weight is 370 g/mol. The molecule has 1 aliphatic rings. The normalized spacial score (nSPS) is 18.6. The summed E-state index contributed by atoms with van der Waals surface area (Å²) in [4.78, 5) is 12.3. The van der Waals surface area contributed by atoms with Gasteiger partial charge in [-0.1, -0.05) is 6.07 Å². The van der Waals surface area contributed by atoms with E-state index in [1.807, 2.05) is 18.2 Å². The summed E-state index contributed by atoms with van der Waals surface area (Å²) < 4.78 is 35.1. The minimum atomic E-state index is -3.24. The molecule has 0 aromatic heterocycles. The van der Waals surface area contributed by atoms with E-state index in [4.69, 9.17) is 9.47 Å². The first-order valence-electron chi connectivity index (χ1n) is 8.29. The fourth-order valence-electron chi connectivity index (χ4n) is 2.97. The van der Waals surface area contributed by atoms with Gasteiger partial charge in [-0.3, -0.25) is 4.79 Å². The van der Waals surface area contributed by atoms with Crippen molar-refractivity contribution >= 4 is 15.9 Å². The van der Waals surface area contributed by atoms with Gasteiger partial charge in [-0.05, 0) is 37.0 Å². The van der Waals surface area contributed by atoms with Crippen LogP contribution in [0, 0.1) is 5.92 Å². The van der Waals surface area contributed by atoms with E-state index in [9.17, 15) is 13.2 Å². The van der Waals surface area contributed by atoms with Crippen molar-refractivity contribution in [2.45, 2.75) is 19.3 Å². The minimum Gasteiger partial charge on any atom is -0.493 e. The third-order valence-corrected chi connectivity index (χ3v) is 5.65. The van der Waals surface area contributed by atoms with Crippen LogP contribution in [-0.2, 0) is 21.2 Å². The molecule has 1 amide bonds. The number of hydrogen-bond donors (Lipinski definition) is 1. The maximum atomic E-state index is 12.3. The maximum absolute atomic E-state index is 12.3. The van der Waals surface area contributed by atoms with Gasteiger partial charge in [0, 0.05) is 19.6 Å². The first-order valence-corrected chi connectivity index (χ1v) is 10.1. The van der Waals surface area contributed by atoms with Crippen LogP contribution in [0.1, 0.15) is 18.4 Å². The van der Waals surface area contributed by atoms with Crippen LogP contribution in [0.5, 0.6) is 11.5 Å². The standard InChI is InChI=1S/C17H26N2O5S/c1-23-15-7-6-13(11-16(15)24-2)8-9-18-17(20)14-5-4-10-19(12-14)25(3,21)22/h6-7,11,14H,4-5,8-10,12H2,1-3H3,(H,18,20)/t14-/m0/s1. The fraction of sp³-hybridized carbons (Fsp3) is 0.588. The summed E-state index contributed by atoms with van der Waals surface area (Å²) in [5, 5.41) is 2.91. The molecule has 1 fully saturated rings. The van der Waals surface area contributed by atoms with Gasteiger partial charge in [0.2, 0.25) is 15.9 Å². The van der Waals surface area contributed by atoms with E-state index < -0.39 is 10.0 Å². The smallest absolute Gasteiger partial charge is 0.224 e. The van der Waals surface area contributed by atoms with Gasteiger partial charge in [0.05, 0.1) is 26.4 Å². The maximum Gasteiger partial charge on any atom is 0.224 e. The number of rotatable bonds is 7. The number of piperidine rings is 1. The number of hydrogen-bond acceptors (Lipinski definition) is 5. The zero-order valence-electron chi connectivity index (χ0n) is 14.9. The average Bonchev–Trinajstić information content (AvgIpc) is 2.60.